The normalized spacial score (nSPS) is 15.3. The first-order valence-electron chi connectivity index (χ1n) is 7.09. The molecular formula is C14H25N3S. The lowest BCUT2D eigenvalue weighted by Gasteiger charge is -2.08. The molecule has 1 aliphatic carbocycles. The van der Waals surface area contributed by atoms with E-state index in [9.17, 15) is 0 Å². The molecular weight excluding hydrogens is 242 g/mol. The van der Waals surface area contributed by atoms with E-state index in [1.807, 2.05) is 11.8 Å². The van der Waals surface area contributed by atoms with Crippen molar-refractivity contribution in [1.82, 2.24) is 15.1 Å². The second-order valence-electron chi connectivity index (χ2n) is 4.95. The number of nitrogens with one attached hydrogen (secondary N) is 1. The van der Waals surface area contributed by atoms with Gasteiger partial charge in [-0.3, -0.25) is 4.68 Å². The van der Waals surface area contributed by atoms with Crippen LogP contribution in [0.3, 0.4) is 0 Å². The Morgan fingerprint density at radius 3 is 2.67 bits per heavy atom. The number of aryl methyl sites for hydroxylation is 2. The Kier molecular flexibility index (Phi) is 5.13. The second kappa shape index (κ2) is 6.62. The Morgan fingerprint density at radius 2 is 2.11 bits per heavy atom. The van der Waals surface area contributed by atoms with Crippen LogP contribution in [0.5, 0.6) is 0 Å². The minimum atomic E-state index is 0.772. The molecule has 0 amide bonds. The van der Waals surface area contributed by atoms with E-state index in [0.717, 1.165) is 37.7 Å². The van der Waals surface area contributed by atoms with Gasteiger partial charge in [0.15, 0.2) is 0 Å². The summed E-state index contributed by atoms with van der Waals surface area (Å²) >= 11 is 1.89. The van der Waals surface area contributed by atoms with Crippen molar-refractivity contribution in [3.8, 4) is 0 Å². The van der Waals surface area contributed by atoms with Gasteiger partial charge in [0, 0.05) is 29.6 Å². The molecule has 1 saturated carbocycles. The third-order valence-electron chi connectivity index (χ3n) is 3.57. The summed E-state index contributed by atoms with van der Waals surface area (Å²) < 4.78 is 2.24. The maximum atomic E-state index is 4.80. The van der Waals surface area contributed by atoms with E-state index in [0.29, 0.717) is 0 Å². The van der Waals surface area contributed by atoms with Gasteiger partial charge in [-0.05, 0) is 31.9 Å². The third kappa shape index (κ3) is 3.29. The zero-order valence-corrected chi connectivity index (χ0v) is 12.6. The Hall–Kier alpha value is -0.480. The van der Waals surface area contributed by atoms with Crippen molar-refractivity contribution in [1.29, 1.82) is 0 Å². The minimum Gasteiger partial charge on any atom is -0.310 e. The summed E-state index contributed by atoms with van der Waals surface area (Å²) in [5.74, 6) is 1.15. The number of nitrogens with zero attached hydrogens (tertiary/aromatic N) is 2. The highest BCUT2D eigenvalue weighted by Gasteiger charge is 2.22. The molecule has 0 aliphatic heterocycles. The van der Waals surface area contributed by atoms with Crippen LogP contribution >= 0.6 is 11.8 Å². The minimum absolute atomic E-state index is 0.772. The highest BCUT2D eigenvalue weighted by molar-refractivity contribution is 7.98. The summed E-state index contributed by atoms with van der Waals surface area (Å²) in [6, 6.07) is 0.772. The fourth-order valence-corrected chi connectivity index (χ4v) is 2.72. The first-order chi connectivity index (χ1) is 8.80. The van der Waals surface area contributed by atoms with Gasteiger partial charge in [-0.1, -0.05) is 13.8 Å². The van der Waals surface area contributed by atoms with Crippen molar-refractivity contribution in [2.45, 2.75) is 58.7 Å². The number of hydrogen-bond acceptors (Lipinski definition) is 3. The fourth-order valence-electron chi connectivity index (χ4n) is 2.37. The molecule has 0 atom stereocenters. The number of thioether (sulfide) groups is 1. The molecule has 0 saturated heterocycles. The quantitative estimate of drug-likeness (QED) is 0.785. The average Bonchev–Trinajstić information content (AvgIpc) is 3.15. The SMILES string of the molecule is CCc1nn(CCSC)c(CC)c1CNC1CC1. The Labute approximate surface area is 115 Å². The van der Waals surface area contributed by atoms with Crippen molar-refractivity contribution in [3.63, 3.8) is 0 Å². The van der Waals surface area contributed by atoms with Gasteiger partial charge >= 0.3 is 0 Å². The van der Waals surface area contributed by atoms with E-state index in [1.54, 1.807) is 0 Å². The smallest absolute Gasteiger partial charge is 0.0669 e. The van der Waals surface area contributed by atoms with Crippen LogP contribution in [0, 0.1) is 0 Å². The highest BCUT2D eigenvalue weighted by atomic mass is 32.2. The molecule has 0 radical (unpaired) electrons. The third-order valence-corrected chi connectivity index (χ3v) is 4.16. The van der Waals surface area contributed by atoms with E-state index in [1.165, 1.54) is 29.8 Å². The van der Waals surface area contributed by atoms with E-state index < -0.39 is 0 Å². The molecule has 2 rings (SSSR count). The molecule has 1 N–H and O–H groups in total. The summed E-state index contributed by atoms with van der Waals surface area (Å²) in [5.41, 5.74) is 4.20. The van der Waals surface area contributed by atoms with Crippen molar-refractivity contribution in [2.24, 2.45) is 0 Å². The molecule has 3 nitrogen and oxygen atoms in total. The van der Waals surface area contributed by atoms with Crippen LogP contribution in [0.15, 0.2) is 0 Å². The van der Waals surface area contributed by atoms with Gasteiger partial charge in [-0.2, -0.15) is 16.9 Å². The lowest BCUT2D eigenvalue weighted by Crippen LogP contribution is -2.17. The molecule has 1 fully saturated rings. The largest absolute Gasteiger partial charge is 0.310 e. The molecule has 102 valence electrons. The summed E-state index contributed by atoms with van der Waals surface area (Å²) in [6.45, 7) is 6.50. The van der Waals surface area contributed by atoms with Crippen LogP contribution < -0.4 is 5.32 Å². The average molecular weight is 267 g/mol. The van der Waals surface area contributed by atoms with E-state index in [4.69, 9.17) is 5.10 Å². The lowest BCUT2D eigenvalue weighted by molar-refractivity contribution is 0.619. The standard InChI is InChI=1S/C14H25N3S/c1-4-13-12(10-15-11-6-7-11)14(5-2)17(16-13)8-9-18-3/h11,15H,4-10H2,1-3H3. The van der Waals surface area contributed by atoms with Gasteiger partial charge in [-0.15, -0.1) is 0 Å². The molecule has 18 heavy (non-hydrogen) atoms. The Bertz CT molecular complexity index is 383. The van der Waals surface area contributed by atoms with Crippen molar-refractivity contribution >= 4 is 11.8 Å². The summed E-state index contributed by atoms with van der Waals surface area (Å²) in [7, 11) is 0. The summed E-state index contributed by atoms with van der Waals surface area (Å²) in [5, 5.41) is 8.43. The molecule has 0 bridgehead atoms. The van der Waals surface area contributed by atoms with E-state index in [-0.39, 0.29) is 0 Å². The zero-order chi connectivity index (χ0) is 13.0. The first-order valence-corrected chi connectivity index (χ1v) is 8.49. The van der Waals surface area contributed by atoms with E-state index in [2.05, 4.69) is 30.1 Å². The maximum Gasteiger partial charge on any atom is 0.0669 e. The second-order valence-corrected chi connectivity index (χ2v) is 5.94. The number of rotatable bonds is 8. The molecule has 1 heterocycles. The van der Waals surface area contributed by atoms with Crippen molar-refractivity contribution in [2.75, 3.05) is 12.0 Å². The Morgan fingerprint density at radius 1 is 1.33 bits per heavy atom. The van der Waals surface area contributed by atoms with Crippen LogP contribution in [0.1, 0.15) is 43.6 Å². The molecule has 1 aliphatic rings. The molecule has 1 aromatic rings. The number of hydrogen-bond donors (Lipinski definition) is 1. The molecule has 1 aromatic heterocycles. The molecule has 0 aromatic carbocycles. The maximum absolute atomic E-state index is 4.80. The Balaban J connectivity index is 2.13. The van der Waals surface area contributed by atoms with E-state index >= 15 is 0 Å². The van der Waals surface area contributed by atoms with Gasteiger partial charge in [-0.25, -0.2) is 0 Å². The zero-order valence-electron chi connectivity index (χ0n) is 11.8. The topological polar surface area (TPSA) is 29.9 Å². The monoisotopic (exact) mass is 267 g/mol. The van der Waals surface area contributed by atoms with Crippen molar-refractivity contribution < 1.29 is 0 Å². The van der Waals surface area contributed by atoms with Gasteiger partial charge in [0.25, 0.3) is 0 Å². The van der Waals surface area contributed by atoms with Gasteiger partial charge in [0.1, 0.15) is 0 Å². The summed E-state index contributed by atoms with van der Waals surface area (Å²) in [6.07, 6.45) is 6.99. The molecule has 4 heteroatoms. The molecule has 0 spiro atoms. The van der Waals surface area contributed by atoms with Gasteiger partial charge in [0.05, 0.1) is 12.2 Å². The van der Waals surface area contributed by atoms with Gasteiger partial charge in [0.2, 0.25) is 0 Å². The molecule has 0 unspecified atom stereocenters. The number of aromatic nitrogens is 2. The van der Waals surface area contributed by atoms with Crippen LogP contribution in [-0.2, 0) is 25.9 Å². The predicted molar refractivity (Wildman–Crippen MR) is 79.2 cm³/mol. The van der Waals surface area contributed by atoms with Crippen LogP contribution in [-0.4, -0.2) is 27.8 Å². The van der Waals surface area contributed by atoms with Crippen LogP contribution in [0.25, 0.3) is 0 Å². The van der Waals surface area contributed by atoms with Crippen molar-refractivity contribution in [3.05, 3.63) is 17.0 Å². The van der Waals surface area contributed by atoms with Gasteiger partial charge < -0.3 is 5.32 Å². The fraction of sp³-hybridized carbons (Fsp3) is 0.786. The lowest BCUT2D eigenvalue weighted by atomic mass is 10.1. The van der Waals surface area contributed by atoms with Crippen LogP contribution in [0.2, 0.25) is 0 Å². The summed E-state index contributed by atoms with van der Waals surface area (Å²) in [4.78, 5) is 0. The first kappa shape index (κ1) is 13.9. The highest BCUT2D eigenvalue weighted by Crippen LogP contribution is 2.22. The predicted octanol–water partition coefficient (Wildman–Crippen LogP) is 2.62. The van der Waals surface area contributed by atoms with Crippen LogP contribution in [0.4, 0.5) is 0 Å².